The summed E-state index contributed by atoms with van der Waals surface area (Å²) in [6.45, 7) is 4.93. The van der Waals surface area contributed by atoms with Gasteiger partial charge < -0.3 is 14.8 Å². The molecular formula is C13H24N2O4. The molecule has 0 heterocycles. The number of esters is 1. The minimum absolute atomic E-state index is 0.0267. The van der Waals surface area contributed by atoms with Gasteiger partial charge in [0, 0.05) is 19.2 Å². The molecular weight excluding hydrogens is 248 g/mol. The van der Waals surface area contributed by atoms with Crippen LogP contribution in [-0.2, 0) is 19.1 Å². The summed E-state index contributed by atoms with van der Waals surface area (Å²) in [6, 6.07) is 0.314. The molecule has 1 rings (SSSR count). The number of carbonyl (C=O) groups is 2. The summed E-state index contributed by atoms with van der Waals surface area (Å²) in [5, 5.41) is 2.84. The van der Waals surface area contributed by atoms with E-state index in [4.69, 9.17) is 9.47 Å². The fourth-order valence-electron chi connectivity index (χ4n) is 1.92. The Balaban J connectivity index is 2.36. The first-order valence-corrected chi connectivity index (χ1v) is 6.74. The van der Waals surface area contributed by atoms with Gasteiger partial charge in [-0.2, -0.15) is 0 Å². The van der Waals surface area contributed by atoms with E-state index in [9.17, 15) is 9.59 Å². The number of nitrogens with one attached hydrogen (secondary N) is 1. The van der Waals surface area contributed by atoms with Crippen molar-refractivity contribution in [2.75, 3.05) is 33.4 Å². The summed E-state index contributed by atoms with van der Waals surface area (Å²) in [5.41, 5.74) is 0. The number of amides is 1. The first-order valence-electron chi connectivity index (χ1n) is 6.74. The SMILES string of the molecule is CCOC(=O)CN(CC(=O)NC(C)COC)C1CC1. The number of carbonyl (C=O) groups excluding carboxylic acids is 2. The maximum atomic E-state index is 11.8. The van der Waals surface area contributed by atoms with Gasteiger partial charge in [-0.15, -0.1) is 0 Å². The molecule has 0 aromatic carbocycles. The Kier molecular flexibility index (Phi) is 6.80. The molecule has 110 valence electrons. The minimum atomic E-state index is -0.271. The average molecular weight is 272 g/mol. The number of ether oxygens (including phenoxy) is 2. The molecule has 0 aromatic rings. The monoisotopic (exact) mass is 272 g/mol. The van der Waals surface area contributed by atoms with Crippen LogP contribution in [0.15, 0.2) is 0 Å². The predicted molar refractivity (Wildman–Crippen MR) is 70.7 cm³/mol. The van der Waals surface area contributed by atoms with Crippen LogP contribution < -0.4 is 5.32 Å². The Labute approximate surface area is 114 Å². The van der Waals surface area contributed by atoms with Crippen molar-refractivity contribution in [3.8, 4) is 0 Å². The van der Waals surface area contributed by atoms with Gasteiger partial charge >= 0.3 is 5.97 Å². The highest BCUT2D eigenvalue weighted by Gasteiger charge is 2.32. The average Bonchev–Trinajstić information content (AvgIpc) is 3.12. The number of rotatable bonds is 9. The van der Waals surface area contributed by atoms with Gasteiger partial charge in [0.25, 0.3) is 0 Å². The summed E-state index contributed by atoms with van der Waals surface area (Å²) >= 11 is 0. The molecule has 6 nitrogen and oxygen atoms in total. The Morgan fingerprint density at radius 3 is 2.58 bits per heavy atom. The van der Waals surface area contributed by atoms with Crippen LogP contribution in [-0.4, -0.2) is 62.3 Å². The lowest BCUT2D eigenvalue weighted by Gasteiger charge is -2.21. The van der Waals surface area contributed by atoms with Crippen LogP contribution in [0.1, 0.15) is 26.7 Å². The van der Waals surface area contributed by atoms with Crippen molar-refractivity contribution in [3.05, 3.63) is 0 Å². The fourth-order valence-corrected chi connectivity index (χ4v) is 1.92. The molecule has 0 aromatic heterocycles. The number of hydrogen-bond donors (Lipinski definition) is 1. The van der Waals surface area contributed by atoms with Crippen molar-refractivity contribution in [3.63, 3.8) is 0 Å². The lowest BCUT2D eigenvalue weighted by atomic mass is 10.3. The van der Waals surface area contributed by atoms with Crippen molar-refractivity contribution in [1.29, 1.82) is 0 Å². The van der Waals surface area contributed by atoms with Crippen molar-refractivity contribution < 1.29 is 19.1 Å². The molecule has 1 atom stereocenters. The minimum Gasteiger partial charge on any atom is -0.465 e. The molecule has 0 bridgehead atoms. The molecule has 0 spiro atoms. The maximum absolute atomic E-state index is 11.8. The normalized spacial score (nSPS) is 16.2. The van der Waals surface area contributed by atoms with Crippen LogP contribution in [0.2, 0.25) is 0 Å². The van der Waals surface area contributed by atoms with Gasteiger partial charge in [0.1, 0.15) is 0 Å². The van der Waals surface area contributed by atoms with E-state index < -0.39 is 0 Å². The third-order valence-corrected chi connectivity index (χ3v) is 2.87. The van der Waals surface area contributed by atoms with E-state index in [0.29, 0.717) is 19.3 Å². The van der Waals surface area contributed by atoms with E-state index >= 15 is 0 Å². The van der Waals surface area contributed by atoms with E-state index in [0.717, 1.165) is 12.8 Å². The van der Waals surface area contributed by atoms with Gasteiger partial charge in [0.15, 0.2) is 0 Å². The second kappa shape index (κ2) is 8.12. The summed E-state index contributed by atoms with van der Waals surface area (Å²) in [6.07, 6.45) is 2.08. The second-order valence-corrected chi connectivity index (χ2v) is 4.87. The molecule has 0 radical (unpaired) electrons. The standard InChI is InChI=1S/C13H24N2O4/c1-4-19-13(17)8-15(11-5-6-11)7-12(16)14-10(2)9-18-3/h10-11H,4-9H2,1-3H3,(H,14,16). The van der Waals surface area contributed by atoms with Crippen molar-refractivity contribution in [2.24, 2.45) is 0 Å². The fraction of sp³-hybridized carbons (Fsp3) is 0.846. The topological polar surface area (TPSA) is 67.9 Å². The zero-order valence-electron chi connectivity index (χ0n) is 12.0. The Morgan fingerprint density at radius 1 is 1.37 bits per heavy atom. The molecule has 19 heavy (non-hydrogen) atoms. The zero-order valence-corrected chi connectivity index (χ0v) is 12.0. The second-order valence-electron chi connectivity index (χ2n) is 4.87. The molecule has 1 saturated carbocycles. The van der Waals surface area contributed by atoms with E-state index in [1.165, 1.54) is 0 Å². The van der Waals surface area contributed by atoms with Crippen LogP contribution in [0, 0.1) is 0 Å². The van der Waals surface area contributed by atoms with Crippen LogP contribution in [0.3, 0.4) is 0 Å². The molecule has 1 unspecified atom stereocenters. The molecule has 1 aliphatic rings. The largest absolute Gasteiger partial charge is 0.465 e. The van der Waals surface area contributed by atoms with Crippen molar-refractivity contribution in [1.82, 2.24) is 10.2 Å². The molecule has 0 aliphatic heterocycles. The molecule has 1 aliphatic carbocycles. The quantitative estimate of drug-likeness (QED) is 0.606. The third kappa shape index (κ3) is 6.54. The highest BCUT2D eigenvalue weighted by Crippen LogP contribution is 2.26. The predicted octanol–water partition coefficient (Wildman–Crippen LogP) is 0.165. The van der Waals surface area contributed by atoms with Crippen molar-refractivity contribution in [2.45, 2.75) is 38.8 Å². The van der Waals surface area contributed by atoms with E-state index in [1.54, 1.807) is 14.0 Å². The first kappa shape index (κ1) is 15.9. The Bertz CT molecular complexity index is 305. The number of nitrogens with zero attached hydrogens (tertiary/aromatic N) is 1. The zero-order chi connectivity index (χ0) is 14.3. The highest BCUT2D eigenvalue weighted by atomic mass is 16.5. The van der Waals surface area contributed by atoms with Gasteiger partial charge in [-0.25, -0.2) is 0 Å². The molecule has 1 fully saturated rings. The smallest absolute Gasteiger partial charge is 0.320 e. The van der Waals surface area contributed by atoms with E-state index in [2.05, 4.69) is 5.32 Å². The Hall–Kier alpha value is -1.14. The Morgan fingerprint density at radius 2 is 2.05 bits per heavy atom. The first-order chi connectivity index (χ1) is 9.06. The third-order valence-electron chi connectivity index (χ3n) is 2.87. The van der Waals surface area contributed by atoms with Crippen LogP contribution in [0.5, 0.6) is 0 Å². The number of hydrogen-bond acceptors (Lipinski definition) is 5. The van der Waals surface area contributed by atoms with E-state index in [1.807, 2.05) is 11.8 Å². The lowest BCUT2D eigenvalue weighted by molar-refractivity contribution is -0.144. The summed E-state index contributed by atoms with van der Waals surface area (Å²) in [5.74, 6) is -0.354. The number of methoxy groups -OCH3 is 1. The maximum Gasteiger partial charge on any atom is 0.320 e. The van der Waals surface area contributed by atoms with Crippen LogP contribution in [0.25, 0.3) is 0 Å². The molecule has 6 heteroatoms. The van der Waals surface area contributed by atoms with Gasteiger partial charge in [-0.3, -0.25) is 14.5 Å². The summed E-state index contributed by atoms with van der Waals surface area (Å²) < 4.78 is 9.88. The van der Waals surface area contributed by atoms with Gasteiger partial charge in [-0.1, -0.05) is 0 Å². The lowest BCUT2D eigenvalue weighted by Crippen LogP contribution is -2.45. The summed E-state index contributed by atoms with van der Waals surface area (Å²) in [4.78, 5) is 25.2. The van der Waals surface area contributed by atoms with Crippen molar-refractivity contribution >= 4 is 11.9 Å². The molecule has 0 saturated heterocycles. The van der Waals surface area contributed by atoms with E-state index in [-0.39, 0.29) is 31.0 Å². The summed E-state index contributed by atoms with van der Waals surface area (Å²) in [7, 11) is 1.60. The van der Waals surface area contributed by atoms with Gasteiger partial charge in [0.05, 0.1) is 26.3 Å². The van der Waals surface area contributed by atoms with Crippen LogP contribution >= 0.6 is 0 Å². The van der Waals surface area contributed by atoms with Gasteiger partial charge in [0.2, 0.25) is 5.91 Å². The van der Waals surface area contributed by atoms with Gasteiger partial charge in [-0.05, 0) is 26.7 Å². The molecule has 1 amide bonds. The van der Waals surface area contributed by atoms with Crippen LogP contribution in [0.4, 0.5) is 0 Å². The molecule has 1 N–H and O–H groups in total. The highest BCUT2D eigenvalue weighted by molar-refractivity contribution is 5.79.